The van der Waals surface area contributed by atoms with Crippen LogP contribution in [-0.4, -0.2) is 51.0 Å². The molecule has 1 fully saturated rings. The first-order valence-electron chi connectivity index (χ1n) is 10.5. The molecule has 1 atom stereocenters. The van der Waals surface area contributed by atoms with Crippen molar-refractivity contribution >= 4 is 16.9 Å². The molecule has 0 saturated carbocycles. The first kappa shape index (κ1) is 20.2. The summed E-state index contributed by atoms with van der Waals surface area (Å²) in [5.74, 6) is 1.50. The van der Waals surface area contributed by atoms with Crippen LogP contribution < -0.4 is 15.3 Å². The Hall–Kier alpha value is -3.72. The highest BCUT2D eigenvalue weighted by Gasteiger charge is 2.23. The number of benzene rings is 2. The molecular weight excluding hydrogens is 411 g/mol. The molecule has 8 nitrogen and oxygen atoms in total. The summed E-state index contributed by atoms with van der Waals surface area (Å²) in [5, 5.41) is 0. The summed E-state index contributed by atoms with van der Waals surface area (Å²) in [6, 6.07) is 14.1. The normalized spacial score (nSPS) is 15.8. The van der Waals surface area contributed by atoms with E-state index in [9.17, 15) is 9.18 Å². The highest BCUT2D eigenvalue weighted by molar-refractivity contribution is 5.81. The largest absolute Gasteiger partial charge is 0.437 e. The van der Waals surface area contributed by atoms with Crippen LogP contribution in [0, 0.1) is 5.82 Å². The lowest BCUT2D eigenvalue weighted by molar-refractivity contribution is 0.198. The Balaban J connectivity index is 1.27. The van der Waals surface area contributed by atoms with Crippen molar-refractivity contribution in [1.29, 1.82) is 0 Å². The molecular formula is C23H23FN6O2. The number of ether oxygens (including phenoxy) is 1. The lowest BCUT2D eigenvalue weighted by Gasteiger charge is -2.38. The van der Waals surface area contributed by atoms with Crippen LogP contribution in [0.25, 0.3) is 11.0 Å². The number of aromatic nitrogens is 4. The van der Waals surface area contributed by atoms with Crippen molar-refractivity contribution in [1.82, 2.24) is 24.8 Å². The van der Waals surface area contributed by atoms with E-state index in [4.69, 9.17) is 4.74 Å². The average molecular weight is 434 g/mol. The van der Waals surface area contributed by atoms with E-state index in [0.29, 0.717) is 22.7 Å². The van der Waals surface area contributed by atoms with Gasteiger partial charge in [0.05, 0.1) is 5.52 Å². The third-order valence-electron chi connectivity index (χ3n) is 5.89. The summed E-state index contributed by atoms with van der Waals surface area (Å²) >= 11 is 0. The molecule has 2 aromatic heterocycles. The van der Waals surface area contributed by atoms with Crippen LogP contribution in [0.3, 0.4) is 0 Å². The Kier molecular flexibility index (Phi) is 5.32. The van der Waals surface area contributed by atoms with Gasteiger partial charge in [0.1, 0.15) is 23.5 Å². The number of fused-ring (bicyclic) bond motifs is 1. The summed E-state index contributed by atoms with van der Waals surface area (Å²) < 4.78 is 19.2. The van der Waals surface area contributed by atoms with Gasteiger partial charge in [0.2, 0.25) is 5.88 Å². The molecule has 164 valence electrons. The van der Waals surface area contributed by atoms with Gasteiger partial charge in [-0.15, -0.1) is 0 Å². The number of piperazine rings is 1. The van der Waals surface area contributed by atoms with Crippen molar-refractivity contribution in [3.8, 4) is 11.6 Å². The van der Waals surface area contributed by atoms with Gasteiger partial charge < -0.3 is 19.6 Å². The Morgan fingerprint density at radius 1 is 1.03 bits per heavy atom. The zero-order chi connectivity index (χ0) is 22.1. The monoisotopic (exact) mass is 434 g/mol. The molecule has 0 bridgehead atoms. The molecule has 0 radical (unpaired) electrons. The predicted octanol–water partition coefficient (Wildman–Crippen LogP) is 3.46. The number of rotatable bonds is 5. The molecule has 3 heterocycles. The molecule has 1 unspecified atom stereocenters. The number of nitrogens with zero attached hydrogens (tertiary/aromatic N) is 4. The van der Waals surface area contributed by atoms with Gasteiger partial charge in [-0.3, -0.25) is 4.90 Å². The number of para-hydroxylation sites is 1. The van der Waals surface area contributed by atoms with Crippen molar-refractivity contribution < 1.29 is 9.13 Å². The summed E-state index contributed by atoms with van der Waals surface area (Å²) in [7, 11) is 0. The van der Waals surface area contributed by atoms with Gasteiger partial charge in [-0.05, 0) is 36.8 Å². The minimum atomic E-state index is -0.285. The first-order chi connectivity index (χ1) is 15.6. The van der Waals surface area contributed by atoms with E-state index in [1.807, 2.05) is 24.3 Å². The summed E-state index contributed by atoms with van der Waals surface area (Å²) in [5.41, 5.74) is 2.09. The zero-order valence-electron chi connectivity index (χ0n) is 17.6. The molecule has 1 aliphatic rings. The fourth-order valence-electron chi connectivity index (χ4n) is 4.08. The van der Waals surface area contributed by atoms with Crippen molar-refractivity contribution in [2.24, 2.45) is 0 Å². The molecule has 2 N–H and O–H groups in total. The van der Waals surface area contributed by atoms with Gasteiger partial charge in [-0.2, -0.15) is 0 Å². The summed E-state index contributed by atoms with van der Waals surface area (Å²) in [4.78, 5) is 30.3. The number of anilines is 1. The molecule has 0 amide bonds. The third-order valence-corrected chi connectivity index (χ3v) is 5.89. The summed E-state index contributed by atoms with van der Waals surface area (Å²) in [6.45, 7) is 5.49. The minimum Gasteiger partial charge on any atom is -0.437 e. The molecule has 4 aromatic rings. The number of hydrogen-bond donors (Lipinski definition) is 2. The quantitative estimate of drug-likeness (QED) is 0.500. The minimum absolute atomic E-state index is 0.214. The molecule has 0 spiro atoms. The van der Waals surface area contributed by atoms with Crippen molar-refractivity contribution in [2.45, 2.75) is 13.0 Å². The second-order valence-corrected chi connectivity index (χ2v) is 7.82. The van der Waals surface area contributed by atoms with E-state index < -0.39 is 0 Å². The topological polar surface area (TPSA) is 90.1 Å². The maximum absolute atomic E-state index is 13.2. The number of aromatic amines is 2. The lowest BCUT2D eigenvalue weighted by atomic mass is 10.1. The zero-order valence-corrected chi connectivity index (χ0v) is 17.6. The van der Waals surface area contributed by atoms with Gasteiger partial charge >= 0.3 is 5.69 Å². The van der Waals surface area contributed by atoms with E-state index >= 15 is 0 Å². The van der Waals surface area contributed by atoms with Crippen molar-refractivity contribution in [2.75, 3.05) is 31.1 Å². The maximum atomic E-state index is 13.2. The van der Waals surface area contributed by atoms with Gasteiger partial charge in [-0.1, -0.05) is 18.2 Å². The molecule has 1 aliphatic heterocycles. The highest BCUT2D eigenvalue weighted by Crippen LogP contribution is 2.28. The van der Waals surface area contributed by atoms with Gasteiger partial charge in [0.25, 0.3) is 0 Å². The maximum Gasteiger partial charge on any atom is 0.323 e. The number of imidazole rings is 1. The van der Waals surface area contributed by atoms with Crippen LogP contribution in [0.4, 0.5) is 10.2 Å². The third kappa shape index (κ3) is 4.06. The second kappa shape index (κ2) is 8.43. The first-order valence-corrected chi connectivity index (χ1v) is 10.5. The predicted molar refractivity (Wildman–Crippen MR) is 120 cm³/mol. The molecule has 1 saturated heterocycles. The number of nitrogens with one attached hydrogen (secondary N) is 2. The van der Waals surface area contributed by atoms with Crippen molar-refractivity contribution in [3.63, 3.8) is 0 Å². The van der Waals surface area contributed by atoms with Crippen molar-refractivity contribution in [3.05, 3.63) is 76.7 Å². The number of H-pyrrole nitrogens is 2. The van der Waals surface area contributed by atoms with Crippen LogP contribution in [0.15, 0.2) is 59.7 Å². The molecule has 32 heavy (non-hydrogen) atoms. The van der Waals surface area contributed by atoms with E-state index in [1.165, 1.54) is 18.5 Å². The highest BCUT2D eigenvalue weighted by atomic mass is 19.1. The molecule has 0 aliphatic carbocycles. The fraction of sp³-hybridized carbons (Fsp3) is 0.261. The van der Waals surface area contributed by atoms with Crippen LogP contribution >= 0.6 is 0 Å². The van der Waals surface area contributed by atoms with Crippen LogP contribution in [0.1, 0.15) is 18.5 Å². The van der Waals surface area contributed by atoms with E-state index in [2.05, 4.69) is 36.7 Å². The number of halogens is 1. The number of hydrogen-bond acceptors (Lipinski definition) is 6. The van der Waals surface area contributed by atoms with Crippen LogP contribution in [0.5, 0.6) is 11.6 Å². The Morgan fingerprint density at radius 2 is 1.81 bits per heavy atom. The smallest absolute Gasteiger partial charge is 0.323 e. The van der Waals surface area contributed by atoms with Gasteiger partial charge in [0.15, 0.2) is 5.75 Å². The van der Waals surface area contributed by atoms with E-state index in [0.717, 1.165) is 37.6 Å². The molecule has 9 heteroatoms. The van der Waals surface area contributed by atoms with Crippen LogP contribution in [-0.2, 0) is 0 Å². The van der Waals surface area contributed by atoms with Gasteiger partial charge in [-0.25, -0.2) is 19.2 Å². The second-order valence-electron chi connectivity index (χ2n) is 7.82. The van der Waals surface area contributed by atoms with Crippen LogP contribution in [0.2, 0.25) is 0 Å². The van der Waals surface area contributed by atoms with Gasteiger partial charge in [0, 0.05) is 38.3 Å². The standard InChI is InChI=1S/C23H23FN6O2/c1-15(16-5-7-17(24)8-6-16)29-9-11-30(12-10-29)20-13-21(26-14-25-20)32-19-4-2-3-18-22(19)28-23(31)27-18/h2-8,13-15H,9-12H2,1H3,(H2,27,28,31). The Bertz CT molecular complexity index is 1280. The SMILES string of the molecule is CC(c1ccc(F)cc1)N1CCN(c2cc(Oc3cccc4[nH]c(=O)[nH]c34)ncn2)CC1. The fourth-order valence-corrected chi connectivity index (χ4v) is 4.08. The average Bonchev–Trinajstić information content (AvgIpc) is 3.21. The molecule has 2 aromatic carbocycles. The molecule has 5 rings (SSSR count). The summed E-state index contributed by atoms with van der Waals surface area (Å²) in [6.07, 6.45) is 1.48. The Labute approximate surface area is 183 Å². The lowest BCUT2D eigenvalue weighted by Crippen LogP contribution is -2.47. The Morgan fingerprint density at radius 3 is 2.59 bits per heavy atom. The van der Waals surface area contributed by atoms with E-state index in [-0.39, 0.29) is 17.5 Å². The van der Waals surface area contributed by atoms with E-state index in [1.54, 1.807) is 12.1 Å².